The molecule has 0 bridgehead atoms. The van der Waals surface area contributed by atoms with E-state index in [4.69, 9.17) is 11.6 Å². The Hall–Kier alpha value is -1.66. The first-order valence-electron chi connectivity index (χ1n) is 5.74. The Morgan fingerprint density at radius 3 is 2.29 bits per heavy atom. The predicted octanol–water partition coefficient (Wildman–Crippen LogP) is 4.90. The van der Waals surface area contributed by atoms with Crippen LogP contribution in [0.25, 0.3) is 0 Å². The Morgan fingerprint density at radius 2 is 1.71 bits per heavy atom. The number of benzene rings is 2. The highest BCUT2D eigenvalue weighted by molar-refractivity contribution is 7.80. The molecule has 0 spiro atoms. The Labute approximate surface area is 129 Å². The van der Waals surface area contributed by atoms with Crippen LogP contribution >= 0.6 is 24.2 Å². The molecule has 2 rings (SSSR count). The lowest BCUT2D eigenvalue weighted by atomic mass is 10.1. The zero-order valence-electron chi connectivity index (χ0n) is 10.4. The first-order chi connectivity index (χ1) is 9.75. The van der Waals surface area contributed by atoms with Crippen molar-refractivity contribution in [1.82, 2.24) is 0 Å². The van der Waals surface area contributed by atoms with E-state index in [0.29, 0.717) is 10.5 Å². The van der Waals surface area contributed by atoms with Gasteiger partial charge >= 0.3 is 6.18 Å². The van der Waals surface area contributed by atoms with Crippen molar-refractivity contribution in [3.05, 3.63) is 58.6 Å². The van der Waals surface area contributed by atoms with Gasteiger partial charge in [0.15, 0.2) is 0 Å². The SMILES string of the molecule is O=C(Nc1cc(Cl)cc(C(F)(F)F)c1)c1ccc(S)cc1. The summed E-state index contributed by atoms with van der Waals surface area (Å²) in [5, 5.41) is 2.28. The summed E-state index contributed by atoms with van der Waals surface area (Å²) in [7, 11) is 0. The minimum absolute atomic E-state index is 0.0187. The number of rotatable bonds is 2. The van der Waals surface area contributed by atoms with Crippen molar-refractivity contribution in [3.8, 4) is 0 Å². The Bertz CT molecular complexity index is 671. The molecule has 0 atom stereocenters. The number of alkyl halides is 3. The molecule has 110 valence electrons. The molecular formula is C14H9ClF3NOS. The highest BCUT2D eigenvalue weighted by atomic mass is 35.5. The van der Waals surface area contributed by atoms with Crippen LogP contribution in [0.5, 0.6) is 0 Å². The molecule has 0 saturated carbocycles. The molecule has 0 unspecified atom stereocenters. The van der Waals surface area contributed by atoms with Crippen LogP contribution < -0.4 is 5.32 Å². The number of nitrogens with one attached hydrogen (secondary N) is 1. The summed E-state index contributed by atoms with van der Waals surface area (Å²) in [4.78, 5) is 12.6. The van der Waals surface area contributed by atoms with Gasteiger partial charge in [0.1, 0.15) is 0 Å². The van der Waals surface area contributed by atoms with Crippen LogP contribution in [0, 0.1) is 0 Å². The van der Waals surface area contributed by atoms with Crippen LogP contribution in [-0.2, 0) is 6.18 Å². The number of carbonyl (C=O) groups is 1. The van der Waals surface area contributed by atoms with Gasteiger partial charge in [0.2, 0.25) is 0 Å². The van der Waals surface area contributed by atoms with Crippen LogP contribution in [0.4, 0.5) is 18.9 Å². The van der Waals surface area contributed by atoms with Crippen molar-refractivity contribution in [2.75, 3.05) is 5.32 Å². The van der Waals surface area contributed by atoms with Crippen molar-refractivity contribution >= 4 is 35.8 Å². The number of amides is 1. The average molecular weight is 332 g/mol. The lowest BCUT2D eigenvalue weighted by molar-refractivity contribution is -0.137. The van der Waals surface area contributed by atoms with E-state index in [9.17, 15) is 18.0 Å². The summed E-state index contributed by atoms with van der Waals surface area (Å²) in [6, 6.07) is 9.14. The van der Waals surface area contributed by atoms with Gasteiger partial charge < -0.3 is 5.32 Å². The van der Waals surface area contributed by atoms with Gasteiger partial charge in [-0.2, -0.15) is 13.2 Å². The van der Waals surface area contributed by atoms with Crippen molar-refractivity contribution in [2.24, 2.45) is 0 Å². The Balaban J connectivity index is 2.25. The number of hydrogen-bond acceptors (Lipinski definition) is 2. The lowest BCUT2D eigenvalue weighted by Gasteiger charge is -2.11. The molecule has 7 heteroatoms. The minimum Gasteiger partial charge on any atom is -0.322 e. The largest absolute Gasteiger partial charge is 0.416 e. The third-order valence-electron chi connectivity index (χ3n) is 2.61. The molecule has 2 aromatic rings. The van der Waals surface area contributed by atoms with Gasteiger partial charge in [0.05, 0.1) is 5.56 Å². The number of carbonyl (C=O) groups excluding carboxylic acids is 1. The number of thiol groups is 1. The van der Waals surface area contributed by atoms with Crippen molar-refractivity contribution in [3.63, 3.8) is 0 Å². The fourth-order valence-corrected chi connectivity index (χ4v) is 2.03. The second-order valence-corrected chi connectivity index (χ2v) is 5.18. The zero-order valence-corrected chi connectivity index (χ0v) is 12.1. The molecule has 0 aliphatic rings. The zero-order chi connectivity index (χ0) is 15.6. The third kappa shape index (κ3) is 4.15. The molecule has 0 aromatic heterocycles. The van der Waals surface area contributed by atoms with Crippen molar-refractivity contribution in [2.45, 2.75) is 11.1 Å². The number of anilines is 1. The first-order valence-corrected chi connectivity index (χ1v) is 6.56. The molecule has 1 N–H and O–H groups in total. The fraction of sp³-hybridized carbons (Fsp3) is 0.0714. The van der Waals surface area contributed by atoms with Crippen LogP contribution in [0.2, 0.25) is 5.02 Å². The van der Waals surface area contributed by atoms with E-state index in [1.54, 1.807) is 12.1 Å². The van der Waals surface area contributed by atoms with E-state index < -0.39 is 17.6 Å². The van der Waals surface area contributed by atoms with Crippen molar-refractivity contribution < 1.29 is 18.0 Å². The molecule has 21 heavy (non-hydrogen) atoms. The fourth-order valence-electron chi connectivity index (χ4n) is 1.64. The molecule has 0 heterocycles. The lowest BCUT2D eigenvalue weighted by Crippen LogP contribution is -2.13. The van der Waals surface area contributed by atoms with Crippen molar-refractivity contribution in [1.29, 1.82) is 0 Å². The predicted molar refractivity (Wildman–Crippen MR) is 78.1 cm³/mol. The van der Waals surface area contributed by atoms with E-state index in [1.807, 2.05) is 0 Å². The molecule has 2 aromatic carbocycles. The maximum atomic E-state index is 12.7. The smallest absolute Gasteiger partial charge is 0.322 e. The average Bonchev–Trinajstić information content (AvgIpc) is 2.37. The quantitative estimate of drug-likeness (QED) is 0.753. The highest BCUT2D eigenvalue weighted by Gasteiger charge is 2.31. The molecule has 1 amide bonds. The minimum atomic E-state index is -4.53. The maximum absolute atomic E-state index is 12.7. The van der Waals surface area contributed by atoms with Gasteiger partial charge in [-0.15, -0.1) is 12.6 Å². The van der Waals surface area contributed by atoms with Crippen LogP contribution in [0.1, 0.15) is 15.9 Å². The summed E-state index contributed by atoms with van der Waals surface area (Å²) < 4.78 is 38.0. The normalized spacial score (nSPS) is 11.3. The van der Waals surface area contributed by atoms with E-state index in [-0.39, 0.29) is 10.7 Å². The van der Waals surface area contributed by atoms with Crippen LogP contribution in [0.3, 0.4) is 0 Å². The molecule has 0 fully saturated rings. The summed E-state index contributed by atoms with van der Waals surface area (Å²) >= 11 is 9.73. The summed E-state index contributed by atoms with van der Waals surface area (Å²) in [5.41, 5.74) is -0.632. The standard InChI is InChI=1S/C14H9ClF3NOS/c15-10-5-9(14(16,17)18)6-11(7-10)19-13(20)8-1-3-12(21)4-2-8/h1-7,21H,(H,19,20). The third-order valence-corrected chi connectivity index (χ3v) is 3.13. The summed E-state index contributed by atoms with van der Waals surface area (Å²) in [5.74, 6) is -0.529. The van der Waals surface area contributed by atoms with E-state index in [1.165, 1.54) is 18.2 Å². The highest BCUT2D eigenvalue weighted by Crippen LogP contribution is 2.33. The molecule has 2 nitrogen and oxygen atoms in total. The summed E-state index contributed by atoms with van der Waals surface area (Å²) in [6.45, 7) is 0. The molecule has 0 aliphatic heterocycles. The first kappa shape index (κ1) is 15.7. The summed E-state index contributed by atoms with van der Waals surface area (Å²) in [6.07, 6.45) is -4.53. The number of halogens is 4. The van der Waals surface area contributed by atoms with E-state index in [2.05, 4.69) is 17.9 Å². The van der Waals surface area contributed by atoms with Gasteiger partial charge in [-0.3, -0.25) is 4.79 Å². The van der Waals surface area contributed by atoms with E-state index in [0.717, 1.165) is 12.1 Å². The van der Waals surface area contributed by atoms with Crippen LogP contribution in [0.15, 0.2) is 47.4 Å². The van der Waals surface area contributed by atoms with Gasteiger partial charge in [-0.25, -0.2) is 0 Å². The molecule has 0 saturated heterocycles. The monoisotopic (exact) mass is 331 g/mol. The number of hydrogen-bond donors (Lipinski definition) is 2. The van der Waals surface area contributed by atoms with Gasteiger partial charge in [-0.1, -0.05) is 11.6 Å². The Kier molecular flexibility index (Phi) is 4.49. The topological polar surface area (TPSA) is 29.1 Å². The Morgan fingerprint density at radius 1 is 1.10 bits per heavy atom. The van der Waals surface area contributed by atoms with Gasteiger partial charge in [0.25, 0.3) is 5.91 Å². The van der Waals surface area contributed by atoms with E-state index >= 15 is 0 Å². The molecule has 0 aliphatic carbocycles. The van der Waals surface area contributed by atoms with Crippen LogP contribution in [-0.4, -0.2) is 5.91 Å². The van der Waals surface area contributed by atoms with Gasteiger partial charge in [0, 0.05) is 21.2 Å². The second-order valence-electron chi connectivity index (χ2n) is 4.23. The second kappa shape index (κ2) is 5.99. The molecular weight excluding hydrogens is 323 g/mol. The maximum Gasteiger partial charge on any atom is 0.416 e. The van der Waals surface area contributed by atoms with Gasteiger partial charge in [-0.05, 0) is 42.5 Å². The molecule has 0 radical (unpaired) electrons.